The molecule has 1 fully saturated rings. The molecule has 2 aliphatic rings. The van der Waals surface area contributed by atoms with Gasteiger partial charge in [-0.2, -0.15) is 0 Å². The van der Waals surface area contributed by atoms with Gasteiger partial charge in [-0.25, -0.2) is 14.4 Å². The van der Waals surface area contributed by atoms with Crippen LogP contribution in [0.5, 0.6) is 0 Å². The predicted molar refractivity (Wildman–Crippen MR) is 125 cm³/mol. The van der Waals surface area contributed by atoms with E-state index in [0.717, 1.165) is 12.1 Å². The standard InChI is InChI=1S/C25H37NO8/c1-8-15(3)21(27)33-17(5)25(31,24(6,7)30)23(29)32-14-18-12-19-20(10-11-26(19)13-18)34-22(28)16(4)9-2/h8-9,12,17,19-20,30-31H,10-11,13-14H2,1-7H3/b15-8-,16-9-/t17-,19+,20+,25-/m0/s1. The number of esters is 3. The SMILES string of the molecule is C/C=C(/C)C(=O)O[C@@H](C)[C@](O)(C(=O)OCC1=C[C@@H]2[C@H](OC(=O)/C(C)=C\C)CCN2C1)C(C)(C)O. The van der Waals surface area contributed by atoms with Gasteiger partial charge in [-0.3, -0.25) is 4.90 Å². The van der Waals surface area contributed by atoms with Crippen LogP contribution in [0.15, 0.2) is 34.9 Å². The second kappa shape index (κ2) is 10.8. The zero-order valence-electron chi connectivity index (χ0n) is 21.1. The van der Waals surface area contributed by atoms with E-state index in [9.17, 15) is 24.6 Å². The third-order valence-electron chi connectivity index (χ3n) is 6.59. The minimum Gasteiger partial charge on any atom is -0.459 e. The summed E-state index contributed by atoms with van der Waals surface area (Å²) in [5, 5.41) is 21.7. The average molecular weight is 480 g/mol. The number of aliphatic hydroxyl groups is 2. The fourth-order valence-corrected chi connectivity index (χ4v) is 4.01. The van der Waals surface area contributed by atoms with Gasteiger partial charge in [-0.05, 0) is 60.5 Å². The predicted octanol–water partition coefficient (Wildman–Crippen LogP) is 1.82. The molecule has 0 aromatic heterocycles. The van der Waals surface area contributed by atoms with E-state index in [-0.39, 0.29) is 24.7 Å². The van der Waals surface area contributed by atoms with Crippen molar-refractivity contribution in [2.24, 2.45) is 0 Å². The Morgan fingerprint density at radius 2 is 1.74 bits per heavy atom. The Balaban J connectivity index is 2.08. The van der Waals surface area contributed by atoms with Gasteiger partial charge in [0.25, 0.3) is 0 Å². The maximum absolute atomic E-state index is 12.9. The molecule has 0 spiro atoms. The van der Waals surface area contributed by atoms with Gasteiger partial charge in [-0.1, -0.05) is 18.2 Å². The average Bonchev–Trinajstić information content (AvgIpc) is 3.35. The Morgan fingerprint density at radius 3 is 2.29 bits per heavy atom. The fourth-order valence-electron chi connectivity index (χ4n) is 4.01. The number of hydrogen-bond acceptors (Lipinski definition) is 9. The van der Waals surface area contributed by atoms with Crippen molar-refractivity contribution in [1.29, 1.82) is 0 Å². The highest BCUT2D eigenvalue weighted by Crippen LogP contribution is 2.32. The first-order valence-corrected chi connectivity index (χ1v) is 11.5. The minimum atomic E-state index is -2.49. The highest BCUT2D eigenvalue weighted by atomic mass is 16.6. The largest absolute Gasteiger partial charge is 0.459 e. The summed E-state index contributed by atoms with van der Waals surface area (Å²) in [7, 11) is 0. The molecule has 0 bridgehead atoms. The Morgan fingerprint density at radius 1 is 1.15 bits per heavy atom. The zero-order valence-corrected chi connectivity index (χ0v) is 21.1. The van der Waals surface area contributed by atoms with E-state index in [4.69, 9.17) is 14.2 Å². The van der Waals surface area contributed by atoms with Gasteiger partial charge >= 0.3 is 17.9 Å². The van der Waals surface area contributed by atoms with Gasteiger partial charge < -0.3 is 24.4 Å². The first kappa shape index (κ1) is 27.8. The van der Waals surface area contributed by atoms with Gasteiger partial charge in [0, 0.05) is 24.2 Å². The highest BCUT2D eigenvalue weighted by Gasteiger charge is 2.56. The molecule has 2 rings (SSSR count). The summed E-state index contributed by atoms with van der Waals surface area (Å²) in [5.41, 5.74) is -2.82. The summed E-state index contributed by atoms with van der Waals surface area (Å²) >= 11 is 0. The van der Waals surface area contributed by atoms with Crippen LogP contribution in [0.1, 0.15) is 54.9 Å². The van der Waals surface area contributed by atoms with Crippen LogP contribution in [0.2, 0.25) is 0 Å². The third kappa shape index (κ3) is 5.76. The quantitative estimate of drug-likeness (QED) is 0.221. The summed E-state index contributed by atoms with van der Waals surface area (Å²) in [6.45, 7) is 11.6. The summed E-state index contributed by atoms with van der Waals surface area (Å²) in [4.78, 5) is 39.3. The van der Waals surface area contributed by atoms with Gasteiger partial charge in [0.15, 0.2) is 0 Å². The summed E-state index contributed by atoms with van der Waals surface area (Å²) < 4.78 is 16.2. The number of carbonyl (C=O) groups excluding carboxylic acids is 3. The molecule has 9 heteroatoms. The lowest BCUT2D eigenvalue weighted by atomic mass is 9.81. The molecule has 1 saturated heterocycles. The number of nitrogens with zero attached hydrogens (tertiary/aromatic N) is 1. The topological polar surface area (TPSA) is 123 Å². The summed E-state index contributed by atoms with van der Waals surface area (Å²) in [5.74, 6) is -2.16. The molecule has 0 aliphatic carbocycles. The van der Waals surface area contributed by atoms with Gasteiger partial charge in [0.05, 0.1) is 6.04 Å². The Bertz CT molecular complexity index is 897. The van der Waals surface area contributed by atoms with Crippen LogP contribution in [-0.2, 0) is 28.6 Å². The smallest absolute Gasteiger partial charge is 0.345 e. The van der Waals surface area contributed by atoms with Crippen molar-refractivity contribution in [3.8, 4) is 0 Å². The van der Waals surface area contributed by atoms with Gasteiger partial charge in [0.2, 0.25) is 5.60 Å². The molecule has 9 nitrogen and oxygen atoms in total. The highest BCUT2D eigenvalue weighted by molar-refractivity contribution is 5.89. The maximum Gasteiger partial charge on any atom is 0.345 e. The van der Waals surface area contributed by atoms with E-state index >= 15 is 0 Å². The van der Waals surface area contributed by atoms with Crippen molar-refractivity contribution in [2.45, 2.75) is 84.3 Å². The Hall–Kier alpha value is -2.49. The normalized spacial score (nSPS) is 24.1. The van der Waals surface area contributed by atoms with Gasteiger partial charge in [0.1, 0.15) is 24.4 Å². The minimum absolute atomic E-state index is 0.112. The molecule has 0 saturated carbocycles. The molecule has 190 valence electrons. The molecule has 4 atom stereocenters. The molecule has 0 aromatic carbocycles. The number of hydrogen-bond donors (Lipinski definition) is 2. The van der Waals surface area contributed by atoms with Crippen LogP contribution < -0.4 is 0 Å². The second-order valence-electron chi connectivity index (χ2n) is 9.41. The lowest BCUT2D eigenvalue weighted by molar-refractivity contribution is -0.218. The van der Waals surface area contributed by atoms with Crippen LogP contribution in [-0.4, -0.2) is 82.2 Å². The van der Waals surface area contributed by atoms with Crippen LogP contribution in [0.25, 0.3) is 0 Å². The Labute approximate surface area is 201 Å². The molecule has 0 amide bonds. The maximum atomic E-state index is 12.9. The first-order chi connectivity index (χ1) is 15.8. The number of fused-ring (bicyclic) bond motifs is 1. The van der Waals surface area contributed by atoms with E-state index in [1.807, 2.05) is 6.08 Å². The van der Waals surface area contributed by atoms with E-state index in [2.05, 4.69) is 4.90 Å². The van der Waals surface area contributed by atoms with Crippen molar-refractivity contribution in [2.75, 3.05) is 19.7 Å². The second-order valence-corrected chi connectivity index (χ2v) is 9.41. The van der Waals surface area contributed by atoms with E-state index in [1.54, 1.807) is 39.8 Å². The number of rotatable bonds is 9. The lowest BCUT2D eigenvalue weighted by Crippen LogP contribution is -2.64. The van der Waals surface area contributed by atoms with E-state index < -0.39 is 29.2 Å². The van der Waals surface area contributed by atoms with Crippen molar-refractivity contribution >= 4 is 17.9 Å². The molecule has 0 aromatic rings. The molecular formula is C25H37NO8. The fraction of sp³-hybridized carbons (Fsp3) is 0.640. The van der Waals surface area contributed by atoms with E-state index in [1.165, 1.54) is 20.8 Å². The lowest BCUT2D eigenvalue weighted by Gasteiger charge is -2.40. The van der Waals surface area contributed by atoms with Crippen molar-refractivity contribution < 1.29 is 38.8 Å². The monoisotopic (exact) mass is 479 g/mol. The van der Waals surface area contributed by atoms with Crippen LogP contribution in [0, 0.1) is 0 Å². The van der Waals surface area contributed by atoms with Crippen molar-refractivity contribution in [3.05, 3.63) is 34.9 Å². The molecule has 2 heterocycles. The van der Waals surface area contributed by atoms with E-state index in [0.29, 0.717) is 24.1 Å². The van der Waals surface area contributed by atoms with Crippen LogP contribution in [0.4, 0.5) is 0 Å². The number of ether oxygens (including phenoxy) is 3. The van der Waals surface area contributed by atoms with Gasteiger partial charge in [-0.15, -0.1) is 0 Å². The molecular weight excluding hydrogens is 442 g/mol. The van der Waals surface area contributed by atoms with Crippen molar-refractivity contribution in [1.82, 2.24) is 4.90 Å². The number of allylic oxidation sites excluding steroid dienone is 2. The Kier molecular flexibility index (Phi) is 8.85. The molecule has 2 aliphatic heterocycles. The van der Waals surface area contributed by atoms with Crippen LogP contribution >= 0.6 is 0 Å². The third-order valence-corrected chi connectivity index (χ3v) is 6.59. The summed E-state index contributed by atoms with van der Waals surface area (Å²) in [6.07, 6.45) is 4.20. The zero-order chi connectivity index (χ0) is 25.8. The molecule has 34 heavy (non-hydrogen) atoms. The first-order valence-electron chi connectivity index (χ1n) is 11.5. The van der Waals surface area contributed by atoms with Crippen LogP contribution in [0.3, 0.4) is 0 Å². The number of carbonyl (C=O) groups is 3. The molecule has 0 radical (unpaired) electrons. The van der Waals surface area contributed by atoms with Crippen molar-refractivity contribution in [3.63, 3.8) is 0 Å². The molecule has 0 unspecified atom stereocenters. The summed E-state index contributed by atoms with van der Waals surface area (Å²) in [6, 6.07) is -0.112. The molecule has 2 N–H and O–H groups in total.